The molecule has 0 saturated heterocycles. The van der Waals surface area contributed by atoms with Gasteiger partial charge in [0.25, 0.3) is 0 Å². The predicted molar refractivity (Wildman–Crippen MR) is 161 cm³/mol. The van der Waals surface area contributed by atoms with Gasteiger partial charge in [-0.3, -0.25) is 0 Å². The maximum atomic E-state index is 6.24. The number of hydrogen-bond donors (Lipinski definition) is 0. The Balaban J connectivity index is 1.34. The Labute approximate surface area is 225 Å². The smallest absolute Gasteiger partial charge is 0.137 e. The van der Waals surface area contributed by atoms with E-state index in [1.807, 2.05) is 30.3 Å². The molecule has 0 spiro atoms. The molecular weight excluding hydrogens is 478 g/mol. The summed E-state index contributed by atoms with van der Waals surface area (Å²) in [5.41, 5.74) is 9.12. The van der Waals surface area contributed by atoms with Crippen LogP contribution in [0.4, 0.5) is 17.1 Å². The molecule has 184 valence electrons. The van der Waals surface area contributed by atoms with E-state index in [1.165, 1.54) is 0 Å². The lowest BCUT2D eigenvalue weighted by atomic mass is 10.0. The van der Waals surface area contributed by atoms with Crippen molar-refractivity contribution in [3.8, 4) is 11.1 Å². The van der Waals surface area contributed by atoms with Crippen molar-refractivity contribution in [1.29, 1.82) is 0 Å². The van der Waals surface area contributed by atoms with Crippen molar-refractivity contribution in [1.82, 2.24) is 0 Å². The predicted octanol–water partition coefficient (Wildman–Crippen LogP) is 10.6. The van der Waals surface area contributed by atoms with E-state index in [9.17, 15) is 0 Å². The third kappa shape index (κ3) is 3.52. The van der Waals surface area contributed by atoms with Gasteiger partial charge in [0, 0.05) is 27.5 Å². The first kappa shape index (κ1) is 21.8. The highest BCUT2D eigenvalue weighted by atomic mass is 16.3. The van der Waals surface area contributed by atoms with Gasteiger partial charge in [0.05, 0.1) is 11.1 Å². The molecule has 6 aromatic carbocycles. The van der Waals surface area contributed by atoms with E-state index in [0.29, 0.717) is 0 Å². The van der Waals surface area contributed by atoms with Gasteiger partial charge in [-0.05, 0) is 71.8 Å². The second kappa shape index (κ2) is 8.64. The molecule has 0 amide bonds. The molecule has 0 unspecified atom stereocenters. The fraction of sp³-hybridized carbons (Fsp3) is 0. The average Bonchev–Trinajstić information content (AvgIpc) is 3.56. The number of anilines is 3. The highest BCUT2D eigenvalue weighted by Crippen LogP contribution is 2.43. The van der Waals surface area contributed by atoms with Crippen LogP contribution in [-0.2, 0) is 0 Å². The summed E-state index contributed by atoms with van der Waals surface area (Å²) in [6.07, 6.45) is 0. The molecular formula is C36H23NO2. The number of rotatable bonds is 4. The monoisotopic (exact) mass is 501 g/mol. The molecule has 0 saturated carbocycles. The van der Waals surface area contributed by atoms with Crippen LogP contribution < -0.4 is 4.90 Å². The van der Waals surface area contributed by atoms with Gasteiger partial charge in [0.15, 0.2) is 0 Å². The summed E-state index contributed by atoms with van der Waals surface area (Å²) in [5.74, 6) is 0. The number of fused-ring (bicyclic) bond motifs is 6. The minimum absolute atomic E-state index is 0.878. The molecule has 39 heavy (non-hydrogen) atoms. The molecule has 3 nitrogen and oxygen atoms in total. The van der Waals surface area contributed by atoms with Gasteiger partial charge in [-0.25, -0.2) is 0 Å². The van der Waals surface area contributed by atoms with Crippen LogP contribution in [0.1, 0.15) is 0 Å². The standard InChI is InChI=1S/C36H23NO2/c1-2-11-26(12-3-1)37(31-16-9-19-35-36(31)29-15-5-7-18-33(29)39-35)27-13-8-10-24(22-27)25-20-21-34-30(23-25)28-14-4-6-17-32(28)38-34/h1-23H. The largest absolute Gasteiger partial charge is 0.456 e. The fourth-order valence-corrected chi connectivity index (χ4v) is 5.68. The van der Waals surface area contributed by atoms with Crippen LogP contribution in [0.2, 0.25) is 0 Å². The number of hydrogen-bond acceptors (Lipinski definition) is 3. The summed E-state index contributed by atoms with van der Waals surface area (Å²) < 4.78 is 12.3. The minimum atomic E-state index is 0.878. The minimum Gasteiger partial charge on any atom is -0.456 e. The van der Waals surface area contributed by atoms with Crippen LogP contribution in [-0.4, -0.2) is 0 Å². The van der Waals surface area contributed by atoms with Crippen molar-refractivity contribution in [2.24, 2.45) is 0 Å². The van der Waals surface area contributed by atoms with Gasteiger partial charge in [0.2, 0.25) is 0 Å². The Morgan fingerprint density at radius 1 is 0.385 bits per heavy atom. The second-order valence-electron chi connectivity index (χ2n) is 9.78. The van der Waals surface area contributed by atoms with E-state index >= 15 is 0 Å². The maximum Gasteiger partial charge on any atom is 0.137 e. The van der Waals surface area contributed by atoms with Crippen LogP contribution >= 0.6 is 0 Å². The number of benzene rings is 6. The zero-order chi connectivity index (χ0) is 25.8. The highest BCUT2D eigenvalue weighted by Gasteiger charge is 2.19. The molecule has 0 bridgehead atoms. The zero-order valence-electron chi connectivity index (χ0n) is 21.0. The van der Waals surface area contributed by atoms with Crippen LogP contribution in [0.15, 0.2) is 148 Å². The molecule has 8 aromatic rings. The van der Waals surface area contributed by atoms with Crippen molar-refractivity contribution in [3.05, 3.63) is 140 Å². The molecule has 0 fully saturated rings. The van der Waals surface area contributed by atoms with E-state index in [2.05, 4.69) is 114 Å². The van der Waals surface area contributed by atoms with Crippen LogP contribution in [0.5, 0.6) is 0 Å². The Morgan fingerprint density at radius 2 is 1.00 bits per heavy atom. The summed E-state index contributed by atoms with van der Waals surface area (Å²) >= 11 is 0. The normalized spacial score (nSPS) is 11.6. The van der Waals surface area contributed by atoms with Gasteiger partial charge in [-0.2, -0.15) is 0 Å². The molecule has 2 heterocycles. The zero-order valence-corrected chi connectivity index (χ0v) is 21.0. The molecule has 0 radical (unpaired) electrons. The molecule has 2 aromatic heterocycles. The topological polar surface area (TPSA) is 29.5 Å². The van der Waals surface area contributed by atoms with Crippen molar-refractivity contribution in [3.63, 3.8) is 0 Å². The van der Waals surface area contributed by atoms with Crippen molar-refractivity contribution in [2.45, 2.75) is 0 Å². The molecule has 0 atom stereocenters. The quantitative estimate of drug-likeness (QED) is 0.240. The first-order valence-corrected chi connectivity index (χ1v) is 13.1. The van der Waals surface area contributed by atoms with E-state index in [0.717, 1.165) is 72.1 Å². The molecule has 3 heteroatoms. The van der Waals surface area contributed by atoms with Crippen molar-refractivity contribution >= 4 is 60.9 Å². The Bertz CT molecular complexity index is 2140. The molecule has 0 N–H and O–H groups in total. The Hall–Kier alpha value is -5.28. The van der Waals surface area contributed by atoms with Crippen LogP contribution in [0, 0.1) is 0 Å². The summed E-state index contributed by atoms with van der Waals surface area (Å²) in [6, 6.07) is 48.4. The van der Waals surface area contributed by atoms with Gasteiger partial charge in [0.1, 0.15) is 22.3 Å². The third-order valence-corrected chi connectivity index (χ3v) is 7.45. The molecule has 0 aliphatic heterocycles. The Kier molecular flexibility index (Phi) is 4.82. The summed E-state index contributed by atoms with van der Waals surface area (Å²) in [7, 11) is 0. The number of para-hydroxylation sites is 3. The second-order valence-corrected chi connectivity index (χ2v) is 9.78. The molecule has 0 aliphatic rings. The van der Waals surface area contributed by atoms with E-state index in [-0.39, 0.29) is 0 Å². The first-order valence-electron chi connectivity index (χ1n) is 13.1. The fourth-order valence-electron chi connectivity index (χ4n) is 5.68. The summed E-state index contributed by atoms with van der Waals surface area (Å²) in [6.45, 7) is 0. The average molecular weight is 502 g/mol. The van der Waals surface area contributed by atoms with E-state index < -0.39 is 0 Å². The highest BCUT2D eigenvalue weighted by molar-refractivity contribution is 6.13. The third-order valence-electron chi connectivity index (χ3n) is 7.45. The maximum absolute atomic E-state index is 6.24. The van der Waals surface area contributed by atoms with Gasteiger partial charge >= 0.3 is 0 Å². The summed E-state index contributed by atoms with van der Waals surface area (Å²) in [5, 5.41) is 4.48. The van der Waals surface area contributed by atoms with Gasteiger partial charge < -0.3 is 13.7 Å². The lowest BCUT2D eigenvalue weighted by molar-refractivity contribution is 0.668. The van der Waals surface area contributed by atoms with Crippen molar-refractivity contribution in [2.75, 3.05) is 4.90 Å². The van der Waals surface area contributed by atoms with Crippen LogP contribution in [0.3, 0.4) is 0 Å². The Morgan fingerprint density at radius 3 is 1.87 bits per heavy atom. The van der Waals surface area contributed by atoms with E-state index in [1.54, 1.807) is 0 Å². The summed E-state index contributed by atoms with van der Waals surface area (Å²) in [4.78, 5) is 2.32. The van der Waals surface area contributed by atoms with Gasteiger partial charge in [-0.1, -0.05) is 78.9 Å². The van der Waals surface area contributed by atoms with Crippen molar-refractivity contribution < 1.29 is 8.83 Å². The number of nitrogens with zero attached hydrogens (tertiary/aromatic N) is 1. The van der Waals surface area contributed by atoms with E-state index in [4.69, 9.17) is 8.83 Å². The SMILES string of the molecule is c1ccc(N(c2cccc(-c3ccc4oc5ccccc5c4c3)c2)c2cccc3oc4ccccc4c23)cc1. The van der Waals surface area contributed by atoms with Gasteiger partial charge in [-0.15, -0.1) is 0 Å². The lowest BCUT2D eigenvalue weighted by Gasteiger charge is -2.26. The molecule has 0 aliphatic carbocycles. The molecule has 8 rings (SSSR count). The lowest BCUT2D eigenvalue weighted by Crippen LogP contribution is -2.10. The number of furan rings is 2. The van der Waals surface area contributed by atoms with Crippen LogP contribution in [0.25, 0.3) is 55.0 Å². The first-order chi connectivity index (χ1) is 19.3.